The number of aliphatic imine (C=N–C) groups is 1. The number of hydrogen-bond donors (Lipinski definition) is 4. The molecule has 1 unspecified atom stereocenters. The zero-order valence-corrected chi connectivity index (χ0v) is 19.1. The van der Waals surface area contributed by atoms with Crippen LogP contribution in [0.3, 0.4) is 0 Å². The quantitative estimate of drug-likeness (QED) is 0.133. The van der Waals surface area contributed by atoms with Crippen molar-refractivity contribution in [3.63, 3.8) is 0 Å². The van der Waals surface area contributed by atoms with Crippen LogP contribution in [0.15, 0.2) is 63.7 Å². The summed E-state index contributed by atoms with van der Waals surface area (Å²) in [5.74, 6) is 5.84. The highest BCUT2D eigenvalue weighted by atomic mass is 16.1. The molecule has 0 spiro atoms. The summed E-state index contributed by atoms with van der Waals surface area (Å²) in [7, 11) is 1.54. The third-order valence-electron chi connectivity index (χ3n) is 5.29. The van der Waals surface area contributed by atoms with Gasteiger partial charge < -0.3 is 6.15 Å². The number of hydrazine groups is 1. The first-order valence-electron chi connectivity index (χ1n) is 9.77. The average Bonchev–Trinajstić information content (AvgIpc) is 2.62. The van der Waals surface area contributed by atoms with Crippen LogP contribution in [0.1, 0.15) is 55.8 Å². The van der Waals surface area contributed by atoms with Crippen molar-refractivity contribution in [1.29, 1.82) is 0 Å². The lowest BCUT2D eigenvalue weighted by atomic mass is 9.69. The highest BCUT2D eigenvalue weighted by molar-refractivity contribution is 6.02. The number of amides is 1. The molecule has 0 fully saturated rings. The lowest BCUT2D eigenvalue weighted by Crippen LogP contribution is -2.43. The molecule has 6 heteroatoms. The second-order valence-corrected chi connectivity index (χ2v) is 8.12. The van der Waals surface area contributed by atoms with Crippen molar-refractivity contribution in [2.24, 2.45) is 22.2 Å². The van der Waals surface area contributed by atoms with Gasteiger partial charge in [0.1, 0.15) is 0 Å². The Balaban J connectivity index is 0. The third-order valence-corrected chi connectivity index (χ3v) is 5.29. The highest BCUT2D eigenvalue weighted by Crippen LogP contribution is 2.43. The Kier molecular flexibility index (Phi) is 11.2. The molecular weight excluding hydrogens is 362 g/mol. The molecule has 1 rings (SSSR count). The third kappa shape index (κ3) is 8.62. The second kappa shape index (κ2) is 12.2. The number of nitrogens with one attached hydrogen (secondary N) is 2. The Hall–Kier alpha value is -2.44. The summed E-state index contributed by atoms with van der Waals surface area (Å²) in [5, 5.41) is 2.55. The monoisotopic (exact) mass is 403 g/mol. The van der Waals surface area contributed by atoms with Gasteiger partial charge in [0.25, 0.3) is 5.91 Å². The molecule has 0 saturated heterocycles. The van der Waals surface area contributed by atoms with Gasteiger partial charge in [-0.1, -0.05) is 62.3 Å². The maximum atomic E-state index is 11.8. The topological polar surface area (TPSA) is 115 Å². The van der Waals surface area contributed by atoms with Crippen LogP contribution in [0, 0.1) is 11.3 Å². The summed E-state index contributed by atoms with van der Waals surface area (Å²) >= 11 is 0. The fraction of sp³-hybridized carbons (Fsp3) is 0.478. The van der Waals surface area contributed by atoms with E-state index in [0.29, 0.717) is 5.92 Å². The van der Waals surface area contributed by atoms with E-state index in [1.165, 1.54) is 30.1 Å². The van der Waals surface area contributed by atoms with Crippen molar-refractivity contribution >= 4 is 11.9 Å². The maximum Gasteiger partial charge on any atom is 0.250 e. The highest BCUT2D eigenvalue weighted by Gasteiger charge is 2.29. The van der Waals surface area contributed by atoms with E-state index < -0.39 is 0 Å². The first kappa shape index (κ1) is 26.6. The van der Waals surface area contributed by atoms with Crippen LogP contribution in [0.2, 0.25) is 0 Å². The molecule has 1 aliphatic carbocycles. The fourth-order valence-electron chi connectivity index (χ4n) is 3.27. The Bertz CT molecular complexity index is 758. The van der Waals surface area contributed by atoms with Crippen LogP contribution in [-0.4, -0.2) is 18.9 Å². The zero-order chi connectivity index (χ0) is 21.3. The number of guanidine groups is 1. The van der Waals surface area contributed by atoms with Gasteiger partial charge in [-0.15, -0.1) is 0 Å². The van der Waals surface area contributed by atoms with E-state index in [1.807, 2.05) is 25.2 Å². The van der Waals surface area contributed by atoms with Crippen molar-refractivity contribution in [1.82, 2.24) is 16.9 Å². The summed E-state index contributed by atoms with van der Waals surface area (Å²) in [6, 6.07) is 0. The van der Waals surface area contributed by atoms with E-state index in [9.17, 15) is 4.79 Å². The number of hydrogen-bond acceptors (Lipinski definition) is 4. The van der Waals surface area contributed by atoms with Crippen molar-refractivity contribution in [3.05, 3.63) is 58.7 Å². The van der Waals surface area contributed by atoms with E-state index in [0.717, 1.165) is 11.1 Å². The van der Waals surface area contributed by atoms with Gasteiger partial charge in [0, 0.05) is 14.6 Å². The lowest BCUT2D eigenvalue weighted by Gasteiger charge is -2.36. The Morgan fingerprint density at radius 3 is 2.52 bits per heavy atom. The van der Waals surface area contributed by atoms with Crippen LogP contribution in [0.5, 0.6) is 0 Å². The zero-order valence-electron chi connectivity index (χ0n) is 19.1. The second-order valence-electron chi connectivity index (χ2n) is 8.12. The predicted molar refractivity (Wildman–Crippen MR) is 127 cm³/mol. The average molecular weight is 404 g/mol. The Morgan fingerprint density at radius 1 is 1.28 bits per heavy atom. The van der Waals surface area contributed by atoms with Gasteiger partial charge >= 0.3 is 0 Å². The van der Waals surface area contributed by atoms with Gasteiger partial charge in [-0.05, 0) is 56.1 Å². The van der Waals surface area contributed by atoms with Crippen molar-refractivity contribution in [2.75, 3.05) is 7.05 Å². The van der Waals surface area contributed by atoms with E-state index in [1.54, 1.807) is 7.05 Å². The van der Waals surface area contributed by atoms with Gasteiger partial charge in [-0.2, -0.15) is 0 Å². The molecule has 29 heavy (non-hydrogen) atoms. The Labute approximate surface area is 177 Å². The minimum atomic E-state index is -0.280. The molecule has 0 aromatic rings. The number of nitrogens with two attached hydrogens (primary N) is 1. The van der Waals surface area contributed by atoms with E-state index in [-0.39, 0.29) is 24.9 Å². The summed E-state index contributed by atoms with van der Waals surface area (Å²) in [5.41, 5.74) is 7.50. The molecule has 1 atom stereocenters. The number of nitrogens with zero attached hydrogens (tertiary/aromatic N) is 1. The molecule has 1 amide bonds. The van der Waals surface area contributed by atoms with Gasteiger partial charge in [-0.3, -0.25) is 20.5 Å². The SMILES string of the molecule is CN=C(NN)NC(=O)/C=C(C)/C=C/C=C(C)/C=C/C1=C(C)C(C)CCC1(C)C.N.[HH]. The molecule has 0 radical (unpaired) electrons. The molecule has 1 aliphatic rings. The first-order valence-corrected chi connectivity index (χ1v) is 9.77. The first-order chi connectivity index (χ1) is 13.1. The number of carbonyl (C=O) groups excluding carboxylic acids is 1. The summed E-state index contributed by atoms with van der Waals surface area (Å²) < 4.78 is 0. The van der Waals surface area contributed by atoms with Crippen molar-refractivity contribution in [2.45, 2.75) is 54.4 Å². The molecule has 6 nitrogen and oxygen atoms in total. The molecule has 0 aliphatic heterocycles. The molecule has 164 valence electrons. The summed E-state index contributed by atoms with van der Waals surface area (Å²) in [4.78, 5) is 15.6. The van der Waals surface area contributed by atoms with Crippen LogP contribution in [-0.2, 0) is 4.79 Å². The van der Waals surface area contributed by atoms with Gasteiger partial charge in [0.2, 0.25) is 5.96 Å². The molecule has 7 N–H and O–H groups in total. The smallest absolute Gasteiger partial charge is 0.250 e. The van der Waals surface area contributed by atoms with Crippen molar-refractivity contribution < 1.29 is 6.22 Å². The van der Waals surface area contributed by atoms with Crippen LogP contribution < -0.4 is 22.7 Å². The molecule has 0 aromatic carbocycles. The minimum Gasteiger partial charge on any atom is -0.344 e. The molecule has 0 saturated carbocycles. The standard InChI is InChI=1S/C23H36N4O.H3N.H2/c1-16(11-12-20-19(4)18(3)13-14-23(20,5)6)9-8-10-17(2)15-21(28)26-22(25-7)27-24;;/h8-12,15,18H,13-14,24H2,1-7H3,(H2,25,26,27,28);1H3;1H/b10-8+,12-11+,16-9+,17-15+;;. The predicted octanol–water partition coefficient (Wildman–Crippen LogP) is 4.74. The summed E-state index contributed by atoms with van der Waals surface area (Å²) in [6.45, 7) is 13.2. The molecule has 0 bridgehead atoms. The van der Waals surface area contributed by atoms with Crippen LogP contribution >= 0.6 is 0 Å². The normalized spacial score (nSPS) is 20.8. The van der Waals surface area contributed by atoms with Crippen molar-refractivity contribution in [3.8, 4) is 0 Å². The number of allylic oxidation sites excluding steroid dienone is 9. The largest absolute Gasteiger partial charge is 0.344 e. The van der Waals surface area contributed by atoms with E-state index >= 15 is 0 Å². The van der Waals surface area contributed by atoms with E-state index in [2.05, 4.69) is 62.5 Å². The molecule has 0 heterocycles. The lowest BCUT2D eigenvalue weighted by molar-refractivity contribution is -0.115. The van der Waals surface area contributed by atoms with Crippen LogP contribution in [0.25, 0.3) is 0 Å². The van der Waals surface area contributed by atoms with E-state index in [4.69, 9.17) is 5.84 Å². The van der Waals surface area contributed by atoms with Crippen LogP contribution in [0.4, 0.5) is 0 Å². The molecular formula is C23H41N5O. The number of carbonyl (C=O) groups is 1. The number of rotatable bonds is 5. The maximum absolute atomic E-state index is 11.8. The summed E-state index contributed by atoms with van der Waals surface area (Å²) in [6.07, 6.45) is 14.3. The fourth-order valence-corrected chi connectivity index (χ4v) is 3.27. The van der Waals surface area contributed by atoms with Gasteiger partial charge in [0.05, 0.1) is 0 Å². The Morgan fingerprint density at radius 2 is 1.93 bits per heavy atom. The minimum absolute atomic E-state index is 0. The van der Waals surface area contributed by atoms with Gasteiger partial charge in [-0.25, -0.2) is 5.84 Å². The molecule has 0 aromatic heterocycles. The van der Waals surface area contributed by atoms with Gasteiger partial charge in [0.15, 0.2) is 0 Å².